The SMILES string of the molecule is CCNCCN(C)c1ccc(CC(C)C)cc1. The predicted octanol–water partition coefficient (Wildman–Crippen LogP) is 2.93. The van der Waals surface area contributed by atoms with Crippen LogP contribution in [0.4, 0.5) is 5.69 Å². The summed E-state index contributed by atoms with van der Waals surface area (Å²) in [6.45, 7) is 9.80. The zero-order valence-corrected chi connectivity index (χ0v) is 11.7. The highest BCUT2D eigenvalue weighted by Gasteiger charge is 2.01. The highest BCUT2D eigenvalue weighted by Crippen LogP contribution is 2.15. The normalized spacial score (nSPS) is 10.9. The van der Waals surface area contributed by atoms with E-state index in [0.717, 1.165) is 25.6 Å². The summed E-state index contributed by atoms with van der Waals surface area (Å²) >= 11 is 0. The maximum absolute atomic E-state index is 3.34. The van der Waals surface area contributed by atoms with Gasteiger partial charge in [-0.2, -0.15) is 0 Å². The van der Waals surface area contributed by atoms with E-state index in [1.807, 2.05) is 0 Å². The summed E-state index contributed by atoms with van der Waals surface area (Å²) in [6.07, 6.45) is 1.17. The van der Waals surface area contributed by atoms with Gasteiger partial charge in [-0.25, -0.2) is 0 Å². The standard InChI is InChI=1S/C15H26N2/c1-5-16-10-11-17(4)15-8-6-14(7-9-15)12-13(2)3/h6-9,13,16H,5,10-12H2,1-4H3. The van der Waals surface area contributed by atoms with Crippen molar-refractivity contribution in [1.82, 2.24) is 5.32 Å². The van der Waals surface area contributed by atoms with Crippen molar-refractivity contribution in [1.29, 1.82) is 0 Å². The molecule has 0 aromatic heterocycles. The van der Waals surface area contributed by atoms with Gasteiger partial charge in [0.25, 0.3) is 0 Å². The molecule has 0 aliphatic rings. The molecule has 1 N–H and O–H groups in total. The lowest BCUT2D eigenvalue weighted by molar-refractivity contribution is 0.647. The molecule has 0 saturated heterocycles. The van der Waals surface area contributed by atoms with Crippen molar-refractivity contribution >= 4 is 5.69 Å². The van der Waals surface area contributed by atoms with Gasteiger partial charge in [0.05, 0.1) is 0 Å². The summed E-state index contributed by atoms with van der Waals surface area (Å²) in [4.78, 5) is 2.29. The van der Waals surface area contributed by atoms with Gasteiger partial charge in [0.1, 0.15) is 0 Å². The van der Waals surface area contributed by atoms with Gasteiger partial charge in [0.2, 0.25) is 0 Å². The van der Waals surface area contributed by atoms with Gasteiger partial charge in [-0.1, -0.05) is 32.9 Å². The Morgan fingerprint density at radius 1 is 1.18 bits per heavy atom. The lowest BCUT2D eigenvalue weighted by Gasteiger charge is -2.19. The van der Waals surface area contributed by atoms with Crippen LogP contribution in [0, 0.1) is 5.92 Å². The van der Waals surface area contributed by atoms with Gasteiger partial charge in [0.15, 0.2) is 0 Å². The van der Waals surface area contributed by atoms with Crippen molar-refractivity contribution in [3.05, 3.63) is 29.8 Å². The Kier molecular flexibility index (Phi) is 6.06. The summed E-state index contributed by atoms with van der Waals surface area (Å²) < 4.78 is 0. The Morgan fingerprint density at radius 2 is 1.82 bits per heavy atom. The average Bonchev–Trinajstić information content (AvgIpc) is 2.29. The molecule has 0 fully saturated rings. The fourth-order valence-corrected chi connectivity index (χ4v) is 1.91. The van der Waals surface area contributed by atoms with Crippen LogP contribution in [0.25, 0.3) is 0 Å². The zero-order chi connectivity index (χ0) is 12.7. The summed E-state index contributed by atoms with van der Waals surface area (Å²) in [6, 6.07) is 8.95. The molecular formula is C15H26N2. The van der Waals surface area contributed by atoms with E-state index in [2.05, 4.69) is 62.3 Å². The monoisotopic (exact) mass is 234 g/mol. The van der Waals surface area contributed by atoms with Crippen molar-refractivity contribution < 1.29 is 0 Å². The van der Waals surface area contributed by atoms with E-state index in [0.29, 0.717) is 0 Å². The first kappa shape index (κ1) is 14.0. The molecule has 2 heteroatoms. The molecule has 1 aromatic carbocycles. The summed E-state index contributed by atoms with van der Waals surface area (Å²) in [5.41, 5.74) is 2.74. The van der Waals surface area contributed by atoms with Gasteiger partial charge in [-0.05, 0) is 36.6 Å². The number of nitrogens with one attached hydrogen (secondary N) is 1. The summed E-state index contributed by atoms with van der Waals surface area (Å²) in [5.74, 6) is 0.729. The first-order chi connectivity index (χ1) is 8.13. The van der Waals surface area contributed by atoms with E-state index in [-0.39, 0.29) is 0 Å². The van der Waals surface area contributed by atoms with Crippen LogP contribution >= 0.6 is 0 Å². The van der Waals surface area contributed by atoms with Gasteiger partial charge < -0.3 is 10.2 Å². The minimum absolute atomic E-state index is 0.729. The smallest absolute Gasteiger partial charge is 0.0364 e. The van der Waals surface area contributed by atoms with E-state index in [4.69, 9.17) is 0 Å². The second-order valence-corrected chi connectivity index (χ2v) is 5.04. The lowest BCUT2D eigenvalue weighted by atomic mass is 10.0. The molecule has 17 heavy (non-hydrogen) atoms. The Hall–Kier alpha value is -1.02. The van der Waals surface area contributed by atoms with Gasteiger partial charge >= 0.3 is 0 Å². The number of nitrogens with zero attached hydrogens (tertiary/aromatic N) is 1. The highest BCUT2D eigenvalue weighted by atomic mass is 15.1. The second kappa shape index (κ2) is 7.33. The minimum atomic E-state index is 0.729. The number of hydrogen-bond acceptors (Lipinski definition) is 2. The second-order valence-electron chi connectivity index (χ2n) is 5.04. The van der Waals surface area contributed by atoms with Gasteiger partial charge in [-0.3, -0.25) is 0 Å². The Balaban J connectivity index is 2.48. The number of rotatable bonds is 7. The van der Waals surface area contributed by atoms with E-state index in [1.165, 1.54) is 17.7 Å². The fourth-order valence-electron chi connectivity index (χ4n) is 1.91. The van der Waals surface area contributed by atoms with Gasteiger partial charge in [0, 0.05) is 25.8 Å². The molecule has 0 aliphatic carbocycles. The molecule has 0 radical (unpaired) electrons. The van der Waals surface area contributed by atoms with Crippen molar-refractivity contribution in [2.75, 3.05) is 31.6 Å². The molecule has 0 aliphatic heterocycles. The Bertz CT molecular complexity index is 303. The molecule has 0 saturated carbocycles. The topological polar surface area (TPSA) is 15.3 Å². The van der Waals surface area contributed by atoms with Crippen LogP contribution in [-0.4, -0.2) is 26.7 Å². The number of likely N-dealkylation sites (N-methyl/N-ethyl adjacent to an activating group) is 2. The molecule has 0 spiro atoms. The molecule has 0 unspecified atom stereocenters. The van der Waals surface area contributed by atoms with Crippen LogP contribution in [0.2, 0.25) is 0 Å². The number of hydrogen-bond donors (Lipinski definition) is 1. The third-order valence-electron chi connectivity index (χ3n) is 2.90. The maximum Gasteiger partial charge on any atom is 0.0364 e. The number of benzene rings is 1. The molecular weight excluding hydrogens is 208 g/mol. The largest absolute Gasteiger partial charge is 0.373 e. The van der Waals surface area contributed by atoms with Crippen LogP contribution in [0.1, 0.15) is 26.3 Å². The van der Waals surface area contributed by atoms with Crippen LogP contribution in [0.5, 0.6) is 0 Å². The molecule has 1 aromatic rings. The maximum atomic E-state index is 3.34. The predicted molar refractivity (Wildman–Crippen MR) is 76.8 cm³/mol. The van der Waals surface area contributed by atoms with E-state index in [9.17, 15) is 0 Å². The first-order valence-electron chi connectivity index (χ1n) is 6.64. The van der Waals surface area contributed by atoms with Crippen molar-refractivity contribution in [2.45, 2.75) is 27.2 Å². The molecule has 0 amide bonds. The molecule has 1 rings (SSSR count). The van der Waals surface area contributed by atoms with Gasteiger partial charge in [-0.15, -0.1) is 0 Å². The minimum Gasteiger partial charge on any atom is -0.373 e. The molecule has 0 bridgehead atoms. The highest BCUT2D eigenvalue weighted by molar-refractivity contribution is 5.46. The summed E-state index contributed by atoms with van der Waals surface area (Å²) in [7, 11) is 2.15. The fraction of sp³-hybridized carbons (Fsp3) is 0.600. The van der Waals surface area contributed by atoms with Crippen LogP contribution in [-0.2, 0) is 6.42 Å². The average molecular weight is 234 g/mol. The van der Waals surface area contributed by atoms with Crippen molar-refractivity contribution in [3.63, 3.8) is 0 Å². The van der Waals surface area contributed by atoms with E-state index < -0.39 is 0 Å². The van der Waals surface area contributed by atoms with Crippen molar-refractivity contribution in [3.8, 4) is 0 Å². The molecule has 2 nitrogen and oxygen atoms in total. The van der Waals surface area contributed by atoms with E-state index >= 15 is 0 Å². The lowest BCUT2D eigenvalue weighted by Crippen LogP contribution is -2.28. The van der Waals surface area contributed by atoms with Crippen LogP contribution in [0.3, 0.4) is 0 Å². The molecule has 0 heterocycles. The van der Waals surface area contributed by atoms with Crippen LogP contribution in [0.15, 0.2) is 24.3 Å². The third-order valence-corrected chi connectivity index (χ3v) is 2.90. The third kappa shape index (κ3) is 5.22. The molecule has 96 valence electrons. The van der Waals surface area contributed by atoms with Crippen LogP contribution < -0.4 is 10.2 Å². The molecule has 0 atom stereocenters. The first-order valence-corrected chi connectivity index (χ1v) is 6.64. The van der Waals surface area contributed by atoms with E-state index in [1.54, 1.807) is 0 Å². The van der Waals surface area contributed by atoms with Crippen molar-refractivity contribution in [2.24, 2.45) is 5.92 Å². The Labute approximate surface area is 106 Å². The summed E-state index contributed by atoms with van der Waals surface area (Å²) in [5, 5.41) is 3.34. The Morgan fingerprint density at radius 3 is 2.35 bits per heavy atom. The zero-order valence-electron chi connectivity index (χ0n) is 11.7. The quantitative estimate of drug-likeness (QED) is 0.730. The number of anilines is 1.